The topological polar surface area (TPSA) is 59.5 Å². The summed E-state index contributed by atoms with van der Waals surface area (Å²) in [5, 5.41) is 0. The normalized spacial score (nSPS) is 12.5. The first kappa shape index (κ1) is 14.3. The molecule has 0 fully saturated rings. The number of hydrogen-bond donors (Lipinski definition) is 1. The molecule has 0 aromatic carbocycles. The fraction of sp³-hybridized carbons (Fsp3) is 0.583. The van der Waals surface area contributed by atoms with E-state index in [-0.39, 0.29) is 11.8 Å². The predicted octanol–water partition coefficient (Wildman–Crippen LogP) is 2.38. The van der Waals surface area contributed by atoms with E-state index in [1.807, 2.05) is 12.1 Å². The van der Waals surface area contributed by atoms with Crippen molar-refractivity contribution >= 4 is 21.8 Å². The monoisotopic (exact) mass is 302 g/mol. The molecule has 1 heterocycles. The van der Waals surface area contributed by atoms with Gasteiger partial charge in [-0.2, -0.15) is 0 Å². The number of furan rings is 1. The Bertz CT molecular complexity index is 365. The number of amides is 1. The third kappa shape index (κ3) is 4.16. The number of rotatable bonds is 6. The van der Waals surface area contributed by atoms with Crippen molar-refractivity contribution in [3.8, 4) is 0 Å². The molecule has 4 nitrogen and oxygen atoms in total. The lowest BCUT2D eigenvalue weighted by Crippen LogP contribution is -2.36. The molecule has 5 heteroatoms. The van der Waals surface area contributed by atoms with Crippen molar-refractivity contribution in [3.63, 3.8) is 0 Å². The summed E-state index contributed by atoms with van der Waals surface area (Å²) in [6.45, 7) is 2.93. The predicted molar refractivity (Wildman–Crippen MR) is 70.3 cm³/mol. The van der Waals surface area contributed by atoms with Crippen LogP contribution >= 0.6 is 15.9 Å². The van der Waals surface area contributed by atoms with Crippen LogP contribution in [0.5, 0.6) is 0 Å². The van der Waals surface area contributed by atoms with Gasteiger partial charge >= 0.3 is 0 Å². The van der Waals surface area contributed by atoms with Crippen LogP contribution in [-0.2, 0) is 11.3 Å². The van der Waals surface area contributed by atoms with E-state index in [2.05, 4.69) is 22.9 Å². The molecule has 1 amide bonds. The molecule has 0 saturated carbocycles. The van der Waals surface area contributed by atoms with Crippen LogP contribution in [0.3, 0.4) is 0 Å². The zero-order valence-corrected chi connectivity index (χ0v) is 11.9. The molecular formula is C12H19BrN2O2. The Morgan fingerprint density at radius 1 is 1.59 bits per heavy atom. The Balaban J connectivity index is 2.56. The molecule has 0 aliphatic carbocycles. The molecule has 1 aromatic heterocycles. The summed E-state index contributed by atoms with van der Waals surface area (Å²) >= 11 is 3.24. The maximum Gasteiger partial charge on any atom is 0.227 e. The van der Waals surface area contributed by atoms with Gasteiger partial charge in [-0.15, -0.1) is 0 Å². The Labute approximate surface area is 110 Å². The van der Waals surface area contributed by atoms with Crippen molar-refractivity contribution in [3.05, 3.63) is 22.6 Å². The largest absolute Gasteiger partial charge is 0.452 e. The van der Waals surface area contributed by atoms with Gasteiger partial charge in [0.1, 0.15) is 5.76 Å². The Kier molecular flexibility index (Phi) is 5.71. The molecule has 2 N–H and O–H groups in total. The fourth-order valence-corrected chi connectivity index (χ4v) is 2.09. The van der Waals surface area contributed by atoms with Crippen LogP contribution in [0.1, 0.15) is 25.5 Å². The van der Waals surface area contributed by atoms with Crippen molar-refractivity contribution in [2.24, 2.45) is 11.7 Å². The molecule has 1 aromatic rings. The minimum absolute atomic E-state index is 0.0802. The van der Waals surface area contributed by atoms with Crippen molar-refractivity contribution < 1.29 is 9.21 Å². The number of halogens is 1. The summed E-state index contributed by atoms with van der Waals surface area (Å²) in [4.78, 5) is 13.7. The smallest absolute Gasteiger partial charge is 0.227 e. The lowest BCUT2D eigenvalue weighted by Gasteiger charge is -2.21. The first-order valence-corrected chi connectivity index (χ1v) is 6.57. The standard InChI is InChI=1S/C12H19BrN2O2/c1-3-4-9(7-14)12(16)15(2)8-10-5-6-11(13)17-10/h5-6,9H,3-4,7-8,14H2,1-2H3. The van der Waals surface area contributed by atoms with Gasteiger partial charge in [0.15, 0.2) is 4.67 Å². The Hall–Kier alpha value is -0.810. The number of carbonyl (C=O) groups excluding carboxylic acids is 1. The van der Waals surface area contributed by atoms with Crippen molar-refractivity contribution in [1.82, 2.24) is 4.90 Å². The van der Waals surface area contributed by atoms with Gasteiger partial charge in [0.05, 0.1) is 12.5 Å². The molecule has 0 bridgehead atoms. The number of nitrogens with zero attached hydrogens (tertiary/aromatic N) is 1. The van der Waals surface area contributed by atoms with E-state index in [0.29, 0.717) is 17.8 Å². The van der Waals surface area contributed by atoms with E-state index in [1.165, 1.54) is 0 Å². The highest BCUT2D eigenvalue weighted by Gasteiger charge is 2.20. The van der Waals surface area contributed by atoms with Crippen molar-refractivity contribution in [2.45, 2.75) is 26.3 Å². The van der Waals surface area contributed by atoms with Crippen molar-refractivity contribution in [1.29, 1.82) is 0 Å². The molecule has 96 valence electrons. The minimum Gasteiger partial charge on any atom is -0.452 e. The van der Waals surface area contributed by atoms with Crippen LogP contribution in [0.15, 0.2) is 21.2 Å². The number of hydrogen-bond acceptors (Lipinski definition) is 3. The first-order chi connectivity index (χ1) is 8.08. The molecule has 0 aliphatic heterocycles. The number of nitrogens with two attached hydrogens (primary N) is 1. The highest BCUT2D eigenvalue weighted by Crippen LogP contribution is 2.16. The quantitative estimate of drug-likeness (QED) is 0.877. The maximum atomic E-state index is 12.1. The molecule has 1 atom stereocenters. The zero-order chi connectivity index (χ0) is 12.8. The van der Waals surface area contributed by atoms with E-state index in [0.717, 1.165) is 18.6 Å². The van der Waals surface area contributed by atoms with E-state index < -0.39 is 0 Å². The average molecular weight is 303 g/mol. The summed E-state index contributed by atoms with van der Waals surface area (Å²) < 4.78 is 6.05. The third-order valence-electron chi connectivity index (χ3n) is 2.67. The van der Waals surface area contributed by atoms with E-state index >= 15 is 0 Å². The Morgan fingerprint density at radius 3 is 2.76 bits per heavy atom. The SMILES string of the molecule is CCCC(CN)C(=O)N(C)Cc1ccc(Br)o1. The summed E-state index contributed by atoms with van der Waals surface area (Å²) in [6.07, 6.45) is 1.80. The molecule has 1 rings (SSSR count). The third-order valence-corrected chi connectivity index (χ3v) is 3.10. The van der Waals surface area contributed by atoms with Crippen LogP contribution in [0, 0.1) is 5.92 Å². The molecule has 1 unspecified atom stereocenters. The van der Waals surface area contributed by atoms with E-state index in [1.54, 1.807) is 11.9 Å². The van der Waals surface area contributed by atoms with Crippen LogP contribution in [0.4, 0.5) is 0 Å². The van der Waals surface area contributed by atoms with Gasteiger partial charge in [0.25, 0.3) is 0 Å². The van der Waals surface area contributed by atoms with Crippen molar-refractivity contribution in [2.75, 3.05) is 13.6 Å². The molecule has 0 saturated heterocycles. The lowest BCUT2D eigenvalue weighted by molar-refractivity contribution is -0.134. The van der Waals surface area contributed by atoms with Gasteiger partial charge < -0.3 is 15.1 Å². The minimum atomic E-state index is -0.0802. The van der Waals surface area contributed by atoms with Crippen LogP contribution in [-0.4, -0.2) is 24.4 Å². The van der Waals surface area contributed by atoms with E-state index in [9.17, 15) is 4.79 Å². The summed E-state index contributed by atoms with van der Waals surface area (Å²) in [6, 6.07) is 3.67. The molecule has 0 aliphatic rings. The molecule has 0 spiro atoms. The van der Waals surface area contributed by atoms with E-state index in [4.69, 9.17) is 10.2 Å². The van der Waals surface area contributed by atoms with Gasteiger partial charge in [0, 0.05) is 13.6 Å². The second kappa shape index (κ2) is 6.81. The first-order valence-electron chi connectivity index (χ1n) is 5.77. The van der Waals surface area contributed by atoms with Crippen LogP contribution < -0.4 is 5.73 Å². The average Bonchev–Trinajstić information content (AvgIpc) is 2.70. The van der Waals surface area contributed by atoms with Crippen LogP contribution in [0.25, 0.3) is 0 Å². The van der Waals surface area contributed by atoms with Gasteiger partial charge in [-0.05, 0) is 34.5 Å². The fourth-order valence-electron chi connectivity index (χ4n) is 1.75. The maximum absolute atomic E-state index is 12.1. The number of carbonyl (C=O) groups is 1. The zero-order valence-electron chi connectivity index (χ0n) is 10.3. The highest BCUT2D eigenvalue weighted by molar-refractivity contribution is 9.10. The summed E-state index contributed by atoms with van der Waals surface area (Å²) in [7, 11) is 1.77. The van der Waals surface area contributed by atoms with Gasteiger partial charge in [-0.1, -0.05) is 13.3 Å². The second-order valence-corrected chi connectivity index (χ2v) is 4.90. The van der Waals surface area contributed by atoms with Gasteiger partial charge in [-0.3, -0.25) is 4.79 Å². The summed E-state index contributed by atoms with van der Waals surface area (Å²) in [5.41, 5.74) is 5.62. The van der Waals surface area contributed by atoms with Gasteiger partial charge in [0.2, 0.25) is 5.91 Å². The van der Waals surface area contributed by atoms with Crippen LogP contribution in [0.2, 0.25) is 0 Å². The second-order valence-electron chi connectivity index (χ2n) is 4.12. The lowest BCUT2D eigenvalue weighted by atomic mass is 10.0. The molecular weight excluding hydrogens is 284 g/mol. The Morgan fingerprint density at radius 2 is 2.29 bits per heavy atom. The highest BCUT2D eigenvalue weighted by atomic mass is 79.9. The van der Waals surface area contributed by atoms with Gasteiger partial charge in [-0.25, -0.2) is 0 Å². The molecule has 0 radical (unpaired) electrons. The molecule has 17 heavy (non-hydrogen) atoms. The summed E-state index contributed by atoms with van der Waals surface area (Å²) in [5.74, 6) is 0.769.